The van der Waals surface area contributed by atoms with Crippen LogP contribution < -0.4 is 5.43 Å². The summed E-state index contributed by atoms with van der Waals surface area (Å²) >= 11 is 0. The molecule has 2 heterocycles. The first-order chi connectivity index (χ1) is 10.2. The smallest absolute Gasteiger partial charge is 0.316 e. The Morgan fingerprint density at radius 3 is 2.86 bits per heavy atom. The summed E-state index contributed by atoms with van der Waals surface area (Å²) < 4.78 is 7.49. The molecule has 0 atom stereocenters. The van der Waals surface area contributed by atoms with Crippen molar-refractivity contribution >= 4 is 23.3 Å². The van der Waals surface area contributed by atoms with Gasteiger partial charge in [-0.05, 0) is 32.9 Å². The van der Waals surface area contributed by atoms with Crippen molar-refractivity contribution in [2.45, 2.75) is 27.3 Å². The maximum atomic E-state index is 5.54. The summed E-state index contributed by atoms with van der Waals surface area (Å²) in [5, 5.41) is 8.64. The fraction of sp³-hybridized carbons (Fsp3) is 0.267. The first kappa shape index (κ1) is 13.4. The molecule has 1 N–H and O–H groups in total. The summed E-state index contributed by atoms with van der Waals surface area (Å²) in [4.78, 5) is 4.30. The Morgan fingerprint density at radius 1 is 1.33 bits per heavy atom. The summed E-state index contributed by atoms with van der Waals surface area (Å²) in [5.74, 6) is 0. The number of anilines is 1. The lowest BCUT2D eigenvalue weighted by Crippen LogP contribution is -1.99. The van der Waals surface area contributed by atoms with Crippen LogP contribution in [0.15, 0.2) is 33.8 Å². The predicted molar refractivity (Wildman–Crippen MR) is 82.6 cm³/mol. The number of rotatable bonds is 4. The van der Waals surface area contributed by atoms with E-state index in [1.165, 1.54) is 0 Å². The molecule has 6 heteroatoms. The van der Waals surface area contributed by atoms with Crippen LogP contribution in [-0.4, -0.2) is 21.0 Å². The van der Waals surface area contributed by atoms with Crippen molar-refractivity contribution in [3.63, 3.8) is 0 Å². The lowest BCUT2D eigenvalue weighted by atomic mass is 10.2. The van der Waals surface area contributed by atoms with Gasteiger partial charge in [-0.3, -0.25) is 4.68 Å². The zero-order chi connectivity index (χ0) is 14.8. The second-order valence-electron chi connectivity index (χ2n) is 4.76. The molecule has 0 amide bonds. The standard InChI is InChI=1S/C15H17N5O/c1-4-20-11(3)12(10(2)19-20)9-16-18-15-17-13-7-5-6-8-14(13)21-15/h5-9H,4H2,1-3H3,(H,17,18)/b16-9+. The molecule has 3 aromatic rings. The van der Waals surface area contributed by atoms with Crippen molar-refractivity contribution in [2.75, 3.05) is 5.43 Å². The molecular formula is C15H17N5O. The first-order valence-electron chi connectivity index (χ1n) is 6.87. The molecule has 0 unspecified atom stereocenters. The lowest BCUT2D eigenvalue weighted by molar-refractivity contribution is 0.617. The van der Waals surface area contributed by atoms with Gasteiger partial charge in [-0.15, -0.1) is 0 Å². The van der Waals surface area contributed by atoms with E-state index in [2.05, 4.69) is 27.5 Å². The van der Waals surface area contributed by atoms with Gasteiger partial charge in [-0.2, -0.15) is 15.2 Å². The van der Waals surface area contributed by atoms with E-state index in [-0.39, 0.29) is 0 Å². The van der Waals surface area contributed by atoms with Gasteiger partial charge in [0.25, 0.3) is 0 Å². The van der Waals surface area contributed by atoms with Crippen LogP contribution >= 0.6 is 0 Å². The average molecular weight is 283 g/mol. The van der Waals surface area contributed by atoms with E-state index < -0.39 is 0 Å². The third-order valence-corrected chi connectivity index (χ3v) is 3.38. The number of para-hydroxylation sites is 2. The minimum atomic E-state index is 0.380. The molecule has 0 bridgehead atoms. The fourth-order valence-corrected chi connectivity index (χ4v) is 2.28. The van der Waals surface area contributed by atoms with Gasteiger partial charge in [0, 0.05) is 17.8 Å². The minimum absolute atomic E-state index is 0.380. The molecule has 0 aliphatic carbocycles. The molecule has 0 aliphatic rings. The van der Waals surface area contributed by atoms with Crippen LogP contribution in [0.25, 0.3) is 11.1 Å². The van der Waals surface area contributed by atoms with Crippen LogP contribution in [0.5, 0.6) is 0 Å². The summed E-state index contributed by atoms with van der Waals surface area (Å²) in [6.07, 6.45) is 1.75. The van der Waals surface area contributed by atoms with Gasteiger partial charge in [0.15, 0.2) is 5.58 Å². The van der Waals surface area contributed by atoms with Crippen LogP contribution in [0.4, 0.5) is 6.01 Å². The Morgan fingerprint density at radius 2 is 2.14 bits per heavy atom. The van der Waals surface area contributed by atoms with E-state index in [9.17, 15) is 0 Å². The molecule has 21 heavy (non-hydrogen) atoms. The Labute approximate surface area is 122 Å². The van der Waals surface area contributed by atoms with Crippen LogP contribution in [-0.2, 0) is 6.54 Å². The van der Waals surface area contributed by atoms with Crippen LogP contribution in [0.1, 0.15) is 23.9 Å². The molecule has 6 nitrogen and oxygen atoms in total. The number of fused-ring (bicyclic) bond motifs is 1. The Bertz CT molecular complexity index is 767. The molecule has 3 rings (SSSR count). The van der Waals surface area contributed by atoms with E-state index in [4.69, 9.17) is 4.42 Å². The highest BCUT2D eigenvalue weighted by molar-refractivity contribution is 5.83. The third-order valence-electron chi connectivity index (χ3n) is 3.38. The maximum absolute atomic E-state index is 5.54. The van der Waals surface area contributed by atoms with Gasteiger partial charge in [-0.25, -0.2) is 5.43 Å². The summed E-state index contributed by atoms with van der Waals surface area (Å²) in [6.45, 7) is 6.92. The number of nitrogens with zero attached hydrogens (tertiary/aromatic N) is 4. The summed E-state index contributed by atoms with van der Waals surface area (Å²) in [5.41, 5.74) is 7.43. The number of hydrogen-bond acceptors (Lipinski definition) is 5. The molecule has 0 spiro atoms. The van der Waals surface area contributed by atoms with E-state index in [0.717, 1.165) is 34.6 Å². The molecule has 108 valence electrons. The van der Waals surface area contributed by atoms with E-state index >= 15 is 0 Å². The molecular weight excluding hydrogens is 266 g/mol. The number of nitrogens with one attached hydrogen (secondary N) is 1. The zero-order valence-corrected chi connectivity index (χ0v) is 12.3. The second-order valence-corrected chi connectivity index (χ2v) is 4.76. The highest BCUT2D eigenvalue weighted by atomic mass is 16.4. The van der Waals surface area contributed by atoms with Crippen molar-refractivity contribution in [3.05, 3.63) is 41.2 Å². The Balaban J connectivity index is 1.79. The van der Waals surface area contributed by atoms with Gasteiger partial charge in [-0.1, -0.05) is 12.1 Å². The number of hydrogen-bond donors (Lipinski definition) is 1. The third kappa shape index (κ3) is 2.52. The maximum Gasteiger partial charge on any atom is 0.316 e. The van der Waals surface area contributed by atoms with Gasteiger partial charge in [0.1, 0.15) is 5.52 Å². The van der Waals surface area contributed by atoms with Gasteiger partial charge < -0.3 is 4.42 Å². The van der Waals surface area contributed by atoms with Crippen molar-refractivity contribution in [2.24, 2.45) is 5.10 Å². The van der Waals surface area contributed by atoms with Crippen molar-refractivity contribution < 1.29 is 4.42 Å². The SMILES string of the molecule is CCn1nc(C)c(/C=N/Nc2nc3ccccc3o2)c1C. The average Bonchev–Trinajstić information content (AvgIpc) is 3.01. The van der Waals surface area contributed by atoms with Crippen molar-refractivity contribution in [1.29, 1.82) is 0 Å². The number of aromatic nitrogens is 3. The van der Waals surface area contributed by atoms with Gasteiger partial charge >= 0.3 is 6.01 Å². The number of aryl methyl sites for hydroxylation is 2. The Kier molecular flexibility index (Phi) is 3.43. The molecule has 0 radical (unpaired) electrons. The molecule has 0 saturated carbocycles. The summed E-state index contributed by atoms with van der Waals surface area (Å²) in [7, 11) is 0. The van der Waals surface area contributed by atoms with Gasteiger partial charge in [0.2, 0.25) is 0 Å². The fourth-order valence-electron chi connectivity index (χ4n) is 2.28. The zero-order valence-electron chi connectivity index (χ0n) is 12.3. The van der Waals surface area contributed by atoms with Crippen LogP contribution in [0, 0.1) is 13.8 Å². The van der Waals surface area contributed by atoms with E-state index in [1.807, 2.05) is 42.8 Å². The number of oxazole rings is 1. The molecule has 0 aliphatic heterocycles. The monoisotopic (exact) mass is 283 g/mol. The normalized spacial score (nSPS) is 11.6. The van der Waals surface area contributed by atoms with E-state index in [1.54, 1.807) is 6.21 Å². The van der Waals surface area contributed by atoms with Crippen molar-refractivity contribution in [1.82, 2.24) is 14.8 Å². The highest BCUT2D eigenvalue weighted by Gasteiger charge is 2.08. The van der Waals surface area contributed by atoms with Gasteiger partial charge in [0.05, 0.1) is 11.9 Å². The number of hydrazone groups is 1. The highest BCUT2D eigenvalue weighted by Crippen LogP contribution is 2.18. The largest absolute Gasteiger partial charge is 0.422 e. The predicted octanol–water partition coefficient (Wildman–Crippen LogP) is 3.11. The quantitative estimate of drug-likeness (QED) is 0.590. The topological polar surface area (TPSA) is 68.2 Å². The minimum Gasteiger partial charge on any atom is -0.422 e. The van der Waals surface area contributed by atoms with Crippen LogP contribution in [0.2, 0.25) is 0 Å². The number of benzene rings is 1. The molecule has 1 aromatic carbocycles. The Hall–Kier alpha value is -2.63. The van der Waals surface area contributed by atoms with Crippen LogP contribution in [0.3, 0.4) is 0 Å². The molecule has 0 fully saturated rings. The lowest BCUT2D eigenvalue weighted by Gasteiger charge is -1.98. The van der Waals surface area contributed by atoms with Crippen molar-refractivity contribution in [3.8, 4) is 0 Å². The summed E-state index contributed by atoms with van der Waals surface area (Å²) in [6, 6.07) is 7.98. The first-order valence-corrected chi connectivity index (χ1v) is 6.87. The molecule has 0 saturated heterocycles. The molecule has 2 aromatic heterocycles. The second kappa shape index (κ2) is 5.40. The van der Waals surface area contributed by atoms with E-state index in [0.29, 0.717) is 6.01 Å².